The van der Waals surface area contributed by atoms with E-state index in [0.717, 1.165) is 11.1 Å². The zero-order valence-electron chi connectivity index (χ0n) is 17.4. The van der Waals surface area contributed by atoms with Gasteiger partial charge in [-0.2, -0.15) is 10.5 Å². The molecule has 0 unspecified atom stereocenters. The van der Waals surface area contributed by atoms with Crippen molar-refractivity contribution in [1.29, 1.82) is 10.5 Å². The number of fused-ring (bicyclic) bond motifs is 3. The van der Waals surface area contributed by atoms with Gasteiger partial charge in [-0.3, -0.25) is 4.79 Å². The van der Waals surface area contributed by atoms with Crippen LogP contribution in [0.15, 0.2) is 53.1 Å². The SMILES string of the molecule is CC(C)(C)C(=O)[C@@H]1[C@H](c2ccc(Br)cc2F)C(C#N)(C#N)[C@@H]2c3ccccc3C=CN12. The Morgan fingerprint density at radius 1 is 1.13 bits per heavy atom. The molecule has 2 aromatic rings. The summed E-state index contributed by atoms with van der Waals surface area (Å²) in [7, 11) is 0. The summed E-state index contributed by atoms with van der Waals surface area (Å²) in [4.78, 5) is 15.5. The van der Waals surface area contributed by atoms with E-state index in [1.54, 1.807) is 44.0 Å². The molecule has 0 N–H and O–H groups in total. The molecule has 2 aromatic carbocycles. The van der Waals surface area contributed by atoms with Crippen molar-refractivity contribution in [3.63, 3.8) is 0 Å². The number of hydrogen-bond acceptors (Lipinski definition) is 4. The standard InChI is InChI=1S/C25H21BrFN3O/c1-24(2,3)23(31)21-20(18-9-8-16(26)12-19(18)27)25(13-28,14-29)22-17-7-5-4-6-15(17)10-11-30(21)22/h4-12,20-22H,1-3H3/t20-,21-,22-/m0/s1. The van der Waals surface area contributed by atoms with Crippen molar-refractivity contribution in [2.75, 3.05) is 0 Å². The Morgan fingerprint density at radius 2 is 1.81 bits per heavy atom. The quantitative estimate of drug-likeness (QED) is 0.553. The number of rotatable bonds is 2. The molecular formula is C25H21BrFN3O. The average molecular weight is 478 g/mol. The van der Waals surface area contributed by atoms with E-state index in [-0.39, 0.29) is 11.3 Å². The average Bonchev–Trinajstić information content (AvgIpc) is 3.03. The highest BCUT2D eigenvalue weighted by Gasteiger charge is 2.65. The van der Waals surface area contributed by atoms with Crippen molar-refractivity contribution in [3.05, 3.63) is 75.6 Å². The van der Waals surface area contributed by atoms with E-state index in [1.807, 2.05) is 30.3 Å². The van der Waals surface area contributed by atoms with Crippen molar-refractivity contribution in [2.45, 2.75) is 38.8 Å². The van der Waals surface area contributed by atoms with E-state index in [4.69, 9.17) is 0 Å². The molecule has 0 saturated carbocycles. The third-order valence-corrected chi connectivity index (χ3v) is 6.74. The second-order valence-corrected chi connectivity index (χ2v) is 10.0. The highest BCUT2D eigenvalue weighted by molar-refractivity contribution is 9.10. The molecule has 6 heteroatoms. The molecular weight excluding hydrogens is 457 g/mol. The van der Waals surface area contributed by atoms with E-state index < -0.39 is 34.6 Å². The molecule has 156 valence electrons. The summed E-state index contributed by atoms with van der Waals surface area (Å²) in [5.41, 5.74) is -0.516. The molecule has 3 atom stereocenters. The molecule has 0 aromatic heterocycles. The van der Waals surface area contributed by atoms with E-state index in [1.165, 1.54) is 6.07 Å². The van der Waals surface area contributed by atoms with Gasteiger partial charge in [-0.15, -0.1) is 0 Å². The Balaban J connectivity index is 2.05. The first kappa shape index (κ1) is 21.3. The van der Waals surface area contributed by atoms with Gasteiger partial charge in [-0.05, 0) is 34.9 Å². The fraction of sp³-hybridized carbons (Fsp3) is 0.320. The lowest BCUT2D eigenvalue weighted by molar-refractivity contribution is -0.130. The van der Waals surface area contributed by atoms with Crippen LogP contribution in [-0.2, 0) is 4.79 Å². The fourth-order valence-corrected chi connectivity index (χ4v) is 5.17. The van der Waals surface area contributed by atoms with Crippen LogP contribution in [0.3, 0.4) is 0 Å². The molecule has 0 radical (unpaired) electrons. The van der Waals surface area contributed by atoms with Crippen molar-refractivity contribution >= 4 is 27.8 Å². The summed E-state index contributed by atoms with van der Waals surface area (Å²) in [5.74, 6) is -1.64. The van der Waals surface area contributed by atoms with Gasteiger partial charge in [0.2, 0.25) is 0 Å². The number of nitrogens with zero attached hydrogens (tertiary/aromatic N) is 3. The molecule has 31 heavy (non-hydrogen) atoms. The Hall–Kier alpha value is -2.96. The number of benzene rings is 2. The van der Waals surface area contributed by atoms with Gasteiger partial charge < -0.3 is 4.90 Å². The topological polar surface area (TPSA) is 67.9 Å². The molecule has 2 aliphatic heterocycles. The number of carbonyl (C=O) groups excluding carboxylic acids is 1. The number of Topliss-reactive ketones (excluding diaryl/α,β-unsaturated/α-hetero) is 1. The number of nitriles is 2. The molecule has 0 spiro atoms. The highest BCUT2D eigenvalue weighted by Crippen LogP contribution is 2.60. The minimum absolute atomic E-state index is 0.138. The van der Waals surface area contributed by atoms with Gasteiger partial charge in [0, 0.05) is 22.0 Å². The van der Waals surface area contributed by atoms with Gasteiger partial charge in [-0.1, -0.05) is 67.0 Å². The minimum Gasteiger partial charge on any atom is -0.357 e. The molecule has 2 heterocycles. The summed E-state index contributed by atoms with van der Waals surface area (Å²) < 4.78 is 15.8. The van der Waals surface area contributed by atoms with Crippen LogP contribution < -0.4 is 0 Å². The Morgan fingerprint density at radius 3 is 2.42 bits per heavy atom. The monoisotopic (exact) mass is 477 g/mol. The van der Waals surface area contributed by atoms with Crippen molar-refractivity contribution in [1.82, 2.24) is 4.90 Å². The second-order valence-electron chi connectivity index (χ2n) is 9.09. The zero-order chi connectivity index (χ0) is 22.6. The van der Waals surface area contributed by atoms with Crippen LogP contribution in [0, 0.1) is 39.3 Å². The van der Waals surface area contributed by atoms with Gasteiger partial charge >= 0.3 is 0 Å². The van der Waals surface area contributed by atoms with E-state index in [2.05, 4.69) is 28.1 Å². The predicted octanol–water partition coefficient (Wildman–Crippen LogP) is 5.73. The first-order valence-electron chi connectivity index (χ1n) is 10.0. The van der Waals surface area contributed by atoms with Gasteiger partial charge in [0.1, 0.15) is 5.82 Å². The Bertz CT molecular complexity index is 1170. The van der Waals surface area contributed by atoms with Gasteiger partial charge in [-0.25, -0.2) is 4.39 Å². The molecule has 0 aliphatic carbocycles. The number of ketones is 1. The second kappa shape index (κ2) is 7.32. The van der Waals surface area contributed by atoms with Crippen LogP contribution in [-0.4, -0.2) is 16.7 Å². The largest absolute Gasteiger partial charge is 0.357 e. The van der Waals surface area contributed by atoms with Crippen molar-refractivity contribution < 1.29 is 9.18 Å². The van der Waals surface area contributed by atoms with Gasteiger partial charge in [0.05, 0.1) is 24.2 Å². The van der Waals surface area contributed by atoms with Crippen LogP contribution in [0.2, 0.25) is 0 Å². The smallest absolute Gasteiger partial charge is 0.177 e. The number of carbonyl (C=O) groups is 1. The third-order valence-electron chi connectivity index (χ3n) is 6.25. The van der Waals surface area contributed by atoms with Gasteiger partial charge in [0.25, 0.3) is 0 Å². The third kappa shape index (κ3) is 3.09. The van der Waals surface area contributed by atoms with Gasteiger partial charge in [0.15, 0.2) is 11.2 Å². The number of hydrogen-bond donors (Lipinski definition) is 0. The van der Waals surface area contributed by atoms with Crippen LogP contribution >= 0.6 is 15.9 Å². The van der Waals surface area contributed by atoms with Crippen LogP contribution in [0.4, 0.5) is 4.39 Å². The molecule has 0 bridgehead atoms. The molecule has 2 aliphatic rings. The first-order chi connectivity index (χ1) is 14.7. The lowest BCUT2D eigenvalue weighted by Gasteiger charge is -2.36. The molecule has 0 amide bonds. The number of halogens is 2. The zero-order valence-corrected chi connectivity index (χ0v) is 19.0. The summed E-state index contributed by atoms with van der Waals surface area (Å²) in [6, 6.07) is 15.0. The molecule has 4 rings (SSSR count). The Kier molecular flexibility index (Phi) is 5.03. The van der Waals surface area contributed by atoms with Crippen LogP contribution in [0.5, 0.6) is 0 Å². The van der Waals surface area contributed by atoms with E-state index >= 15 is 4.39 Å². The summed E-state index contributed by atoms with van der Waals surface area (Å²) in [5, 5.41) is 20.8. The summed E-state index contributed by atoms with van der Waals surface area (Å²) in [6.07, 6.45) is 3.66. The maximum absolute atomic E-state index is 15.2. The lowest BCUT2D eigenvalue weighted by atomic mass is 9.66. The maximum Gasteiger partial charge on any atom is 0.177 e. The summed E-state index contributed by atoms with van der Waals surface area (Å²) in [6.45, 7) is 5.42. The maximum atomic E-state index is 15.2. The molecule has 4 nitrogen and oxygen atoms in total. The fourth-order valence-electron chi connectivity index (χ4n) is 4.84. The highest BCUT2D eigenvalue weighted by atomic mass is 79.9. The lowest BCUT2D eigenvalue weighted by Crippen LogP contribution is -2.43. The molecule has 1 fully saturated rings. The van der Waals surface area contributed by atoms with E-state index in [0.29, 0.717) is 4.47 Å². The normalized spacial score (nSPS) is 23.5. The predicted molar refractivity (Wildman–Crippen MR) is 119 cm³/mol. The summed E-state index contributed by atoms with van der Waals surface area (Å²) >= 11 is 3.27. The van der Waals surface area contributed by atoms with Crippen molar-refractivity contribution in [3.8, 4) is 12.1 Å². The van der Waals surface area contributed by atoms with Crippen LogP contribution in [0.25, 0.3) is 6.08 Å². The Labute approximate surface area is 189 Å². The molecule has 1 saturated heterocycles. The van der Waals surface area contributed by atoms with Crippen LogP contribution in [0.1, 0.15) is 49.4 Å². The first-order valence-corrected chi connectivity index (χ1v) is 10.8. The van der Waals surface area contributed by atoms with Crippen molar-refractivity contribution in [2.24, 2.45) is 10.8 Å². The minimum atomic E-state index is -1.65. The van der Waals surface area contributed by atoms with E-state index in [9.17, 15) is 15.3 Å².